The first-order valence-electron chi connectivity index (χ1n) is 8.16. The van der Waals surface area contributed by atoms with Crippen molar-refractivity contribution in [1.82, 2.24) is 25.3 Å². The Hall–Kier alpha value is -2.64. The summed E-state index contributed by atoms with van der Waals surface area (Å²) in [5, 5.41) is 14.0. The van der Waals surface area contributed by atoms with Crippen LogP contribution in [0.1, 0.15) is 35.4 Å². The van der Waals surface area contributed by atoms with E-state index < -0.39 is 0 Å². The van der Waals surface area contributed by atoms with Crippen molar-refractivity contribution in [1.29, 1.82) is 0 Å². The molecule has 1 amide bonds. The van der Waals surface area contributed by atoms with Gasteiger partial charge < -0.3 is 10.2 Å². The number of H-pyrrole nitrogens is 1. The van der Waals surface area contributed by atoms with Crippen molar-refractivity contribution in [2.75, 3.05) is 18.0 Å². The second-order valence-corrected chi connectivity index (χ2v) is 6.14. The number of piperidine rings is 1. The van der Waals surface area contributed by atoms with Gasteiger partial charge in [0, 0.05) is 37.9 Å². The topological polar surface area (TPSA) is 95.9 Å². The largest absolute Gasteiger partial charge is 0.350 e. The zero-order chi connectivity index (χ0) is 17.1. The number of aromatic amines is 1. The van der Waals surface area contributed by atoms with Crippen molar-refractivity contribution < 1.29 is 4.79 Å². The van der Waals surface area contributed by atoms with Gasteiger partial charge in [-0.15, -0.1) is 0 Å². The third kappa shape index (κ3) is 3.47. The van der Waals surface area contributed by atoms with Crippen LogP contribution in [0.2, 0.25) is 0 Å². The summed E-state index contributed by atoms with van der Waals surface area (Å²) in [6.07, 6.45) is 3.17. The number of carbonyl (C=O) groups is 1. The van der Waals surface area contributed by atoms with E-state index in [1.807, 2.05) is 6.92 Å². The smallest absolute Gasteiger partial charge is 0.271 e. The highest BCUT2D eigenvalue weighted by Gasteiger charge is 2.25. The molecule has 128 valence electrons. The van der Waals surface area contributed by atoms with Crippen LogP contribution in [-0.4, -0.2) is 45.0 Å². The second-order valence-electron chi connectivity index (χ2n) is 6.14. The van der Waals surface area contributed by atoms with E-state index in [0.29, 0.717) is 12.2 Å². The summed E-state index contributed by atoms with van der Waals surface area (Å²) in [4.78, 5) is 25.9. The number of hydrogen-bond donors (Lipinski definition) is 2. The minimum Gasteiger partial charge on any atom is -0.350 e. The predicted molar refractivity (Wildman–Crippen MR) is 90.1 cm³/mol. The van der Waals surface area contributed by atoms with E-state index in [4.69, 9.17) is 0 Å². The van der Waals surface area contributed by atoms with Gasteiger partial charge in [-0.25, -0.2) is 4.68 Å². The van der Waals surface area contributed by atoms with E-state index in [0.717, 1.165) is 37.3 Å². The summed E-state index contributed by atoms with van der Waals surface area (Å²) in [5.74, 6) is 0.588. The van der Waals surface area contributed by atoms with E-state index in [9.17, 15) is 9.59 Å². The van der Waals surface area contributed by atoms with Gasteiger partial charge in [0.15, 0.2) is 0 Å². The molecular weight excluding hydrogens is 308 g/mol. The number of aromatic nitrogens is 4. The molecule has 3 rings (SSSR count). The van der Waals surface area contributed by atoms with Crippen molar-refractivity contribution in [3.63, 3.8) is 0 Å². The maximum atomic E-state index is 12.2. The Labute approximate surface area is 139 Å². The lowest BCUT2D eigenvalue weighted by Gasteiger charge is -2.36. The van der Waals surface area contributed by atoms with Crippen LogP contribution in [0.5, 0.6) is 0 Å². The van der Waals surface area contributed by atoms with Crippen LogP contribution in [0, 0.1) is 6.92 Å². The Kier molecular flexibility index (Phi) is 4.64. The number of aryl methyl sites for hydroxylation is 2. The third-order valence-corrected chi connectivity index (χ3v) is 4.30. The number of anilines is 1. The minimum absolute atomic E-state index is 0.130. The molecule has 1 unspecified atom stereocenters. The van der Waals surface area contributed by atoms with Gasteiger partial charge in [-0.2, -0.15) is 10.2 Å². The van der Waals surface area contributed by atoms with E-state index in [2.05, 4.69) is 25.5 Å². The number of carbonyl (C=O) groups excluding carboxylic acids is 1. The van der Waals surface area contributed by atoms with Gasteiger partial charge in [0.05, 0.1) is 0 Å². The maximum absolute atomic E-state index is 12.2. The standard InChI is InChI=1S/C16H22N6O2/c1-11-9-13(19-18-11)16(24)17-10-12-5-3-4-8-22(12)14-6-7-15(23)21(2)20-14/h6-7,9,12H,3-5,8,10H2,1-2H3,(H,17,24)(H,18,19). The fourth-order valence-electron chi connectivity index (χ4n) is 2.99. The molecular formula is C16H22N6O2. The molecule has 1 fully saturated rings. The highest BCUT2D eigenvalue weighted by Crippen LogP contribution is 2.21. The summed E-state index contributed by atoms with van der Waals surface area (Å²) in [7, 11) is 1.65. The van der Waals surface area contributed by atoms with Gasteiger partial charge in [-0.1, -0.05) is 0 Å². The predicted octanol–water partition coefficient (Wildman–Crippen LogP) is 0.601. The monoisotopic (exact) mass is 330 g/mol. The van der Waals surface area contributed by atoms with Crippen molar-refractivity contribution in [3.8, 4) is 0 Å². The molecule has 8 heteroatoms. The Morgan fingerprint density at radius 3 is 2.96 bits per heavy atom. The first kappa shape index (κ1) is 16.2. The van der Waals surface area contributed by atoms with Gasteiger partial charge in [0.1, 0.15) is 11.5 Å². The molecule has 0 radical (unpaired) electrons. The molecule has 8 nitrogen and oxygen atoms in total. The molecule has 1 aliphatic rings. The van der Waals surface area contributed by atoms with Gasteiger partial charge in [-0.3, -0.25) is 14.7 Å². The Morgan fingerprint density at radius 1 is 1.42 bits per heavy atom. The quantitative estimate of drug-likeness (QED) is 0.856. The molecule has 1 aliphatic heterocycles. The molecule has 2 N–H and O–H groups in total. The maximum Gasteiger partial charge on any atom is 0.271 e. The van der Waals surface area contributed by atoms with Crippen LogP contribution in [0.15, 0.2) is 23.0 Å². The molecule has 1 atom stereocenters. The number of nitrogens with one attached hydrogen (secondary N) is 2. The number of amides is 1. The van der Waals surface area contributed by atoms with Crippen molar-refractivity contribution in [2.24, 2.45) is 7.05 Å². The van der Waals surface area contributed by atoms with Crippen molar-refractivity contribution >= 4 is 11.7 Å². The van der Waals surface area contributed by atoms with Gasteiger partial charge in [0.25, 0.3) is 11.5 Å². The fraction of sp³-hybridized carbons (Fsp3) is 0.500. The van der Waals surface area contributed by atoms with Crippen LogP contribution in [-0.2, 0) is 7.05 Å². The van der Waals surface area contributed by atoms with E-state index in [1.54, 1.807) is 19.2 Å². The Bertz CT molecular complexity index is 781. The van der Waals surface area contributed by atoms with E-state index in [-0.39, 0.29) is 17.5 Å². The molecule has 0 aromatic carbocycles. The lowest BCUT2D eigenvalue weighted by molar-refractivity contribution is 0.0944. The second kappa shape index (κ2) is 6.86. The molecule has 2 aromatic rings. The fourth-order valence-corrected chi connectivity index (χ4v) is 2.99. The minimum atomic E-state index is -0.182. The number of hydrogen-bond acceptors (Lipinski definition) is 5. The molecule has 24 heavy (non-hydrogen) atoms. The van der Waals surface area contributed by atoms with Crippen molar-refractivity contribution in [2.45, 2.75) is 32.2 Å². The third-order valence-electron chi connectivity index (χ3n) is 4.30. The summed E-state index contributed by atoms with van der Waals surface area (Å²) in [6, 6.07) is 5.16. The van der Waals surface area contributed by atoms with Crippen LogP contribution < -0.4 is 15.8 Å². The molecule has 3 heterocycles. The lowest BCUT2D eigenvalue weighted by Crippen LogP contribution is -2.47. The normalized spacial score (nSPS) is 17.8. The molecule has 1 saturated heterocycles. The average molecular weight is 330 g/mol. The zero-order valence-electron chi connectivity index (χ0n) is 14.0. The highest BCUT2D eigenvalue weighted by atomic mass is 16.2. The van der Waals surface area contributed by atoms with Crippen LogP contribution in [0.4, 0.5) is 5.82 Å². The first-order valence-corrected chi connectivity index (χ1v) is 8.16. The number of nitrogens with zero attached hydrogens (tertiary/aromatic N) is 4. The van der Waals surface area contributed by atoms with Gasteiger partial charge in [-0.05, 0) is 38.3 Å². The average Bonchev–Trinajstić information content (AvgIpc) is 3.02. The molecule has 0 saturated carbocycles. The molecule has 2 aromatic heterocycles. The number of rotatable bonds is 4. The van der Waals surface area contributed by atoms with Crippen LogP contribution in [0.3, 0.4) is 0 Å². The van der Waals surface area contributed by atoms with Gasteiger partial charge in [0.2, 0.25) is 0 Å². The lowest BCUT2D eigenvalue weighted by atomic mass is 10.0. The first-order chi connectivity index (χ1) is 11.5. The van der Waals surface area contributed by atoms with Gasteiger partial charge >= 0.3 is 0 Å². The summed E-state index contributed by atoms with van der Waals surface area (Å²) in [5.41, 5.74) is 1.12. The Balaban J connectivity index is 1.69. The van der Waals surface area contributed by atoms with Crippen molar-refractivity contribution in [3.05, 3.63) is 39.9 Å². The summed E-state index contributed by atoms with van der Waals surface area (Å²) >= 11 is 0. The molecule has 0 spiro atoms. The highest BCUT2D eigenvalue weighted by molar-refractivity contribution is 5.92. The molecule has 0 aliphatic carbocycles. The summed E-state index contributed by atoms with van der Waals surface area (Å²) in [6.45, 7) is 3.25. The zero-order valence-corrected chi connectivity index (χ0v) is 14.0. The van der Waals surface area contributed by atoms with E-state index >= 15 is 0 Å². The molecule has 0 bridgehead atoms. The summed E-state index contributed by atoms with van der Waals surface area (Å²) < 4.78 is 1.34. The van der Waals surface area contributed by atoms with Crippen LogP contribution in [0.25, 0.3) is 0 Å². The van der Waals surface area contributed by atoms with E-state index in [1.165, 1.54) is 10.7 Å². The Morgan fingerprint density at radius 2 is 2.25 bits per heavy atom. The van der Waals surface area contributed by atoms with Crippen LogP contribution >= 0.6 is 0 Å². The SMILES string of the molecule is Cc1cc(C(=O)NCC2CCCCN2c2ccc(=O)n(C)n2)n[nH]1.